The lowest BCUT2D eigenvalue weighted by atomic mass is 10.1. The second-order valence-electron chi connectivity index (χ2n) is 2.66. The summed E-state index contributed by atoms with van der Waals surface area (Å²) in [5.41, 5.74) is 1.67. The van der Waals surface area contributed by atoms with E-state index in [2.05, 4.69) is 19.9 Å². The first kappa shape index (κ1) is 5.87. The molecule has 8 heavy (non-hydrogen) atoms. The van der Waals surface area contributed by atoms with E-state index in [4.69, 9.17) is 0 Å². The molecular weight excluding hydrogens is 96.1 g/mol. The number of rotatable bonds is 0. The maximum Gasteiger partial charge on any atom is -0.0232 e. The number of hydrogen-bond donors (Lipinski definition) is 0. The van der Waals surface area contributed by atoms with E-state index in [1.807, 2.05) is 0 Å². The summed E-state index contributed by atoms with van der Waals surface area (Å²) in [6, 6.07) is 0. The van der Waals surface area contributed by atoms with E-state index < -0.39 is 0 Å². The van der Waals surface area contributed by atoms with Crippen LogP contribution in [0.1, 0.15) is 33.1 Å². The summed E-state index contributed by atoms with van der Waals surface area (Å²) in [5.74, 6) is 0.889. The zero-order valence-corrected chi connectivity index (χ0v) is 5.78. The van der Waals surface area contributed by atoms with Gasteiger partial charge in [0.25, 0.3) is 0 Å². The fraction of sp³-hybridized carbons (Fsp3) is 0.750. The molecule has 0 nitrogen and oxygen atoms in total. The van der Waals surface area contributed by atoms with E-state index in [1.54, 1.807) is 5.57 Å². The topological polar surface area (TPSA) is 0 Å². The minimum Gasteiger partial charge on any atom is -0.0882 e. The minimum absolute atomic E-state index is 0.889. The van der Waals surface area contributed by atoms with Gasteiger partial charge >= 0.3 is 0 Å². The Balaban J connectivity index is 2.55. The van der Waals surface area contributed by atoms with Crippen LogP contribution in [0.25, 0.3) is 0 Å². The Hall–Kier alpha value is -0.260. The van der Waals surface area contributed by atoms with Crippen LogP contribution in [0.15, 0.2) is 11.6 Å². The molecule has 0 aromatic heterocycles. The first-order valence-corrected chi connectivity index (χ1v) is 3.49. The summed E-state index contributed by atoms with van der Waals surface area (Å²) in [6.07, 6.45) is 6.47. The maximum atomic E-state index is 2.32. The van der Waals surface area contributed by atoms with Gasteiger partial charge < -0.3 is 0 Å². The first-order valence-electron chi connectivity index (χ1n) is 3.49. The van der Waals surface area contributed by atoms with Crippen LogP contribution < -0.4 is 0 Å². The molecule has 0 amide bonds. The van der Waals surface area contributed by atoms with Crippen molar-refractivity contribution in [2.75, 3.05) is 0 Å². The van der Waals surface area contributed by atoms with Crippen molar-refractivity contribution >= 4 is 0 Å². The monoisotopic (exact) mass is 110 g/mol. The van der Waals surface area contributed by atoms with Crippen LogP contribution in [0.2, 0.25) is 0 Å². The Labute approximate surface area is 51.6 Å². The molecule has 0 aromatic carbocycles. The summed E-state index contributed by atoms with van der Waals surface area (Å²) in [6.45, 7) is 4.47. The van der Waals surface area contributed by atoms with Crippen LogP contribution in [-0.4, -0.2) is 0 Å². The zero-order valence-electron chi connectivity index (χ0n) is 5.78. The van der Waals surface area contributed by atoms with Crippen molar-refractivity contribution in [3.8, 4) is 0 Å². The van der Waals surface area contributed by atoms with Gasteiger partial charge in [0.1, 0.15) is 0 Å². The number of allylic oxidation sites excluding steroid dienone is 2. The Morgan fingerprint density at radius 3 is 2.62 bits per heavy atom. The van der Waals surface area contributed by atoms with Gasteiger partial charge in [-0.05, 0) is 32.1 Å². The van der Waals surface area contributed by atoms with Crippen molar-refractivity contribution in [1.82, 2.24) is 0 Å². The van der Waals surface area contributed by atoms with Crippen molar-refractivity contribution < 1.29 is 0 Å². The quantitative estimate of drug-likeness (QED) is 0.420. The molecule has 46 valence electrons. The van der Waals surface area contributed by atoms with Gasteiger partial charge in [-0.3, -0.25) is 0 Å². The fourth-order valence-electron chi connectivity index (χ4n) is 1.47. The van der Waals surface area contributed by atoms with Gasteiger partial charge in [0, 0.05) is 0 Å². The van der Waals surface area contributed by atoms with Gasteiger partial charge in [-0.1, -0.05) is 18.6 Å². The smallest absolute Gasteiger partial charge is 0.0232 e. The predicted molar refractivity (Wildman–Crippen MR) is 36.8 cm³/mol. The second kappa shape index (κ2) is 2.34. The van der Waals surface area contributed by atoms with E-state index >= 15 is 0 Å². The molecule has 1 aliphatic rings. The Morgan fingerprint density at radius 1 is 1.62 bits per heavy atom. The average Bonchev–Trinajstić information content (AvgIpc) is 2.14. The molecule has 0 aromatic rings. The summed E-state index contributed by atoms with van der Waals surface area (Å²) < 4.78 is 0. The Kier molecular flexibility index (Phi) is 1.72. The van der Waals surface area contributed by atoms with Gasteiger partial charge in [0.2, 0.25) is 0 Å². The van der Waals surface area contributed by atoms with Crippen LogP contribution in [-0.2, 0) is 0 Å². The van der Waals surface area contributed by atoms with Crippen molar-refractivity contribution in [1.29, 1.82) is 0 Å². The third kappa shape index (κ3) is 0.936. The highest BCUT2D eigenvalue weighted by molar-refractivity contribution is 5.08. The largest absolute Gasteiger partial charge is 0.0882 e. The molecule has 0 bridgehead atoms. The highest BCUT2D eigenvalue weighted by Gasteiger charge is 2.13. The average molecular weight is 110 g/mol. The van der Waals surface area contributed by atoms with E-state index in [1.165, 1.54) is 19.3 Å². The second-order valence-corrected chi connectivity index (χ2v) is 2.66. The van der Waals surface area contributed by atoms with Gasteiger partial charge in [-0.15, -0.1) is 0 Å². The summed E-state index contributed by atoms with van der Waals surface area (Å²) in [4.78, 5) is 0. The van der Waals surface area contributed by atoms with Crippen LogP contribution in [0.4, 0.5) is 0 Å². The fourth-order valence-corrected chi connectivity index (χ4v) is 1.47. The van der Waals surface area contributed by atoms with Crippen LogP contribution >= 0.6 is 0 Å². The van der Waals surface area contributed by atoms with E-state index in [0.29, 0.717) is 0 Å². The maximum absolute atomic E-state index is 2.32. The normalized spacial score (nSPS) is 34.2. The van der Waals surface area contributed by atoms with E-state index in [0.717, 1.165) is 5.92 Å². The van der Waals surface area contributed by atoms with Gasteiger partial charge in [0.15, 0.2) is 0 Å². The first-order chi connectivity index (χ1) is 3.84. The Morgan fingerprint density at radius 2 is 2.38 bits per heavy atom. The van der Waals surface area contributed by atoms with Gasteiger partial charge in [0.05, 0.1) is 0 Å². The Bertz CT molecular complexity index is 101. The molecule has 0 saturated heterocycles. The van der Waals surface area contributed by atoms with Crippen molar-refractivity contribution in [2.45, 2.75) is 33.1 Å². The molecule has 0 heterocycles. The highest BCUT2D eigenvalue weighted by Crippen LogP contribution is 2.29. The third-order valence-corrected chi connectivity index (χ3v) is 2.11. The minimum atomic E-state index is 0.889. The van der Waals surface area contributed by atoms with E-state index in [9.17, 15) is 0 Å². The van der Waals surface area contributed by atoms with Crippen molar-refractivity contribution in [2.24, 2.45) is 5.92 Å². The molecule has 0 heteroatoms. The lowest BCUT2D eigenvalue weighted by molar-refractivity contribution is 0.695. The molecule has 0 spiro atoms. The van der Waals surface area contributed by atoms with Gasteiger partial charge in [-0.25, -0.2) is 0 Å². The standard InChI is InChI=1S/C8H14/c1-3-8-6-4-5-7(8)2/h3,7H,4-6H2,1-2H3/b8-3-. The zero-order chi connectivity index (χ0) is 5.98. The molecule has 1 fully saturated rings. The van der Waals surface area contributed by atoms with Crippen molar-refractivity contribution in [3.05, 3.63) is 11.6 Å². The molecule has 0 aliphatic heterocycles. The SMILES string of the molecule is C/C=C1/CCCC1C. The molecule has 0 N–H and O–H groups in total. The summed E-state index contributed by atoms with van der Waals surface area (Å²) >= 11 is 0. The molecule has 1 atom stereocenters. The lowest BCUT2D eigenvalue weighted by Gasteiger charge is -2.00. The van der Waals surface area contributed by atoms with Crippen molar-refractivity contribution in [3.63, 3.8) is 0 Å². The summed E-state index contributed by atoms with van der Waals surface area (Å²) in [7, 11) is 0. The molecule has 1 rings (SSSR count). The lowest BCUT2D eigenvalue weighted by Crippen LogP contribution is -1.85. The molecule has 1 saturated carbocycles. The van der Waals surface area contributed by atoms with Crippen LogP contribution in [0.5, 0.6) is 0 Å². The van der Waals surface area contributed by atoms with E-state index in [-0.39, 0.29) is 0 Å². The summed E-state index contributed by atoms with van der Waals surface area (Å²) in [5, 5.41) is 0. The molecule has 1 aliphatic carbocycles. The third-order valence-electron chi connectivity index (χ3n) is 2.11. The molecule has 1 unspecified atom stereocenters. The molecular formula is C8H14. The van der Waals surface area contributed by atoms with Gasteiger partial charge in [-0.2, -0.15) is 0 Å². The predicted octanol–water partition coefficient (Wildman–Crippen LogP) is 2.75. The number of hydrogen-bond acceptors (Lipinski definition) is 0. The van der Waals surface area contributed by atoms with Crippen LogP contribution in [0.3, 0.4) is 0 Å². The van der Waals surface area contributed by atoms with Crippen LogP contribution in [0, 0.1) is 5.92 Å². The molecule has 0 radical (unpaired) electrons. The highest BCUT2D eigenvalue weighted by atomic mass is 14.2.